The number of benzene rings is 1. The fraction of sp³-hybridized carbons (Fsp3) is 0.533. The fourth-order valence-electron chi connectivity index (χ4n) is 1.57. The molecule has 19 heavy (non-hydrogen) atoms. The molecule has 1 atom stereocenters. The number of carbonyl (C=O) groups is 1. The number of carbonyl (C=O) groups excluding carboxylic acids is 1. The Morgan fingerprint density at radius 2 is 1.95 bits per heavy atom. The first-order valence-corrected chi connectivity index (χ1v) is 6.91. The summed E-state index contributed by atoms with van der Waals surface area (Å²) in [6.07, 6.45) is 0.987. The van der Waals surface area contributed by atoms with Gasteiger partial charge in [-0.1, -0.05) is 20.8 Å². The van der Waals surface area contributed by atoms with E-state index in [1.165, 1.54) is 0 Å². The van der Waals surface area contributed by atoms with Crippen LogP contribution in [0.1, 0.15) is 27.2 Å². The van der Waals surface area contributed by atoms with Gasteiger partial charge < -0.3 is 15.4 Å². The summed E-state index contributed by atoms with van der Waals surface area (Å²) in [5, 5.41) is 6.07. The molecule has 0 bridgehead atoms. The Morgan fingerprint density at radius 1 is 1.26 bits per heavy atom. The molecule has 1 aromatic carbocycles. The normalized spacial score (nSPS) is 11.9. The van der Waals surface area contributed by atoms with Gasteiger partial charge in [0, 0.05) is 18.2 Å². The van der Waals surface area contributed by atoms with Crippen molar-refractivity contribution in [3.63, 3.8) is 0 Å². The molecule has 0 radical (unpaired) electrons. The number of anilines is 1. The van der Waals surface area contributed by atoms with E-state index in [0.717, 1.165) is 24.4 Å². The van der Waals surface area contributed by atoms with Crippen LogP contribution in [0.15, 0.2) is 24.3 Å². The summed E-state index contributed by atoms with van der Waals surface area (Å²) in [4.78, 5) is 11.9. The average Bonchev–Trinajstić information content (AvgIpc) is 2.43. The molecule has 4 heteroatoms. The van der Waals surface area contributed by atoms with E-state index in [0.29, 0.717) is 13.2 Å². The minimum Gasteiger partial charge on any atom is -0.494 e. The van der Waals surface area contributed by atoms with Crippen molar-refractivity contribution >= 4 is 11.6 Å². The Bertz CT molecular complexity index is 376. The second-order valence-corrected chi connectivity index (χ2v) is 4.57. The number of hydrogen-bond donors (Lipinski definition) is 2. The fourth-order valence-corrected chi connectivity index (χ4v) is 1.57. The number of ether oxygens (including phenoxy) is 1. The zero-order chi connectivity index (χ0) is 14.1. The molecule has 0 aromatic heterocycles. The van der Waals surface area contributed by atoms with E-state index >= 15 is 0 Å². The van der Waals surface area contributed by atoms with Crippen LogP contribution in [0.3, 0.4) is 0 Å². The van der Waals surface area contributed by atoms with Gasteiger partial charge in [-0.15, -0.1) is 0 Å². The first kappa shape index (κ1) is 15.5. The van der Waals surface area contributed by atoms with Gasteiger partial charge in [0.25, 0.3) is 0 Å². The van der Waals surface area contributed by atoms with Crippen LogP contribution in [0, 0.1) is 5.92 Å². The molecular formula is C15H24N2O2. The van der Waals surface area contributed by atoms with Crippen molar-refractivity contribution in [3.8, 4) is 5.75 Å². The monoisotopic (exact) mass is 264 g/mol. The van der Waals surface area contributed by atoms with Crippen molar-refractivity contribution in [2.45, 2.75) is 27.2 Å². The van der Waals surface area contributed by atoms with Crippen molar-refractivity contribution in [2.75, 3.05) is 25.0 Å². The number of nitrogens with one attached hydrogen (secondary N) is 2. The van der Waals surface area contributed by atoms with Gasteiger partial charge >= 0.3 is 0 Å². The van der Waals surface area contributed by atoms with Crippen molar-refractivity contribution in [1.29, 1.82) is 0 Å². The number of amides is 1. The van der Waals surface area contributed by atoms with E-state index in [2.05, 4.69) is 17.6 Å². The third kappa shape index (κ3) is 5.75. The van der Waals surface area contributed by atoms with E-state index in [9.17, 15) is 4.79 Å². The lowest BCUT2D eigenvalue weighted by Crippen LogP contribution is -2.30. The lowest BCUT2D eigenvalue weighted by Gasteiger charge is -2.13. The van der Waals surface area contributed by atoms with Crippen molar-refractivity contribution in [2.24, 2.45) is 5.92 Å². The first-order valence-electron chi connectivity index (χ1n) is 6.91. The highest BCUT2D eigenvalue weighted by molar-refractivity contribution is 5.92. The van der Waals surface area contributed by atoms with Gasteiger partial charge in [-0.25, -0.2) is 0 Å². The second kappa shape index (κ2) is 8.53. The summed E-state index contributed by atoms with van der Waals surface area (Å²) in [6, 6.07) is 7.48. The van der Waals surface area contributed by atoms with E-state index in [1.807, 2.05) is 38.1 Å². The van der Waals surface area contributed by atoms with Crippen molar-refractivity contribution < 1.29 is 9.53 Å². The summed E-state index contributed by atoms with van der Waals surface area (Å²) in [5.74, 6) is 0.819. The molecule has 0 saturated heterocycles. The molecule has 1 rings (SSSR count). The SMILES string of the molecule is CCCOc1ccc(NC(=O)C(C)CNCC)cc1. The molecule has 0 aliphatic carbocycles. The molecule has 1 amide bonds. The van der Waals surface area contributed by atoms with E-state index in [4.69, 9.17) is 4.74 Å². The maximum absolute atomic E-state index is 11.9. The minimum atomic E-state index is -0.0454. The highest BCUT2D eigenvalue weighted by atomic mass is 16.5. The summed E-state index contributed by atoms with van der Waals surface area (Å²) in [5.41, 5.74) is 0.803. The Balaban J connectivity index is 2.45. The van der Waals surface area contributed by atoms with Crippen LogP contribution in [0.25, 0.3) is 0 Å². The second-order valence-electron chi connectivity index (χ2n) is 4.57. The quantitative estimate of drug-likeness (QED) is 0.759. The lowest BCUT2D eigenvalue weighted by atomic mass is 10.1. The van der Waals surface area contributed by atoms with Crippen LogP contribution >= 0.6 is 0 Å². The average molecular weight is 264 g/mol. The van der Waals surface area contributed by atoms with Gasteiger partial charge in [0.2, 0.25) is 5.91 Å². The van der Waals surface area contributed by atoms with Crippen molar-refractivity contribution in [1.82, 2.24) is 5.32 Å². The highest BCUT2D eigenvalue weighted by Gasteiger charge is 2.12. The molecule has 4 nitrogen and oxygen atoms in total. The number of hydrogen-bond acceptors (Lipinski definition) is 3. The Labute approximate surface area is 115 Å². The van der Waals surface area contributed by atoms with Crippen LogP contribution in [-0.2, 0) is 4.79 Å². The molecule has 106 valence electrons. The Hall–Kier alpha value is -1.55. The lowest BCUT2D eigenvalue weighted by molar-refractivity contribution is -0.119. The summed E-state index contributed by atoms with van der Waals surface area (Å²) in [7, 11) is 0. The van der Waals surface area contributed by atoms with Gasteiger partial charge in [0.1, 0.15) is 5.75 Å². The van der Waals surface area contributed by atoms with Gasteiger partial charge in [0.05, 0.1) is 6.61 Å². The summed E-state index contributed by atoms with van der Waals surface area (Å²) < 4.78 is 5.49. The molecule has 2 N–H and O–H groups in total. The third-order valence-electron chi connectivity index (χ3n) is 2.74. The van der Waals surface area contributed by atoms with E-state index in [1.54, 1.807) is 0 Å². The molecule has 0 heterocycles. The molecule has 1 aromatic rings. The molecule has 0 aliphatic heterocycles. The summed E-state index contributed by atoms with van der Waals surface area (Å²) >= 11 is 0. The predicted molar refractivity (Wildman–Crippen MR) is 78.6 cm³/mol. The standard InChI is InChI=1S/C15H24N2O2/c1-4-10-19-14-8-6-13(7-9-14)17-15(18)12(3)11-16-5-2/h6-9,12,16H,4-5,10-11H2,1-3H3,(H,17,18). The molecule has 1 unspecified atom stereocenters. The van der Waals surface area contributed by atoms with Crippen LogP contribution in [0.5, 0.6) is 5.75 Å². The summed E-state index contributed by atoms with van der Waals surface area (Å²) in [6.45, 7) is 8.29. The number of rotatable bonds is 8. The van der Waals surface area contributed by atoms with Gasteiger partial charge in [-0.3, -0.25) is 4.79 Å². The largest absolute Gasteiger partial charge is 0.494 e. The van der Waals surface area contributed by atoms with Gasteiger partial charge in [0.15, 0.2) is 0 Å². The van der Waals surface area contributed by atoms with Crippen molar-refractivity contribution in [3.05, 3.63) is 24.3 Å². The van der Waals surface area contributed by atoms with Gasteiger partial charge in [-0.05, 0) is 37.2 Å². The third-order valence-corrected chi connectivity index (χ3v) is 2.74. The van der Waals surface area contributed by atoms with E-state index in [-0.39, 0.29) is 11.8 Å². The molecule has 0 aliphatic rings. The molecule has 0 saturated carbocycles. The zero-order valence-corrected chi connectivity index (χ0v) is 12.0. The van der Waals surface area contributed by atoms with Crippen LogP contribution in [-0.4, -0.2) is 25.6 Å². The topological polar surface area (TPSA) is 50.4 Å². The molecular weight excluding hydrogens is 240 g/mol. The smallest absolute Gasteiger partial charge is 0.228 e. The zero-order valence-electron chi connectivity index (χ0n) is 12.0. The van der Waals surface area contributed by atoms with Gasteiger partial charge in [-0.2, -0.15) is 0 Å². The van der Waals surface area contributed by atoms with Crippen LogP contribution < -0.4 is 15.4 Å². The van der Waals surface area contributed by atoms with Crippen LogP contribution in [0.4, 0.5) is 5.69 Å². The Kier molecular flexibility index (Phi) is 6.97. The maximum Gasteiger partial charge on any atom is 0.228 e. The Morgan fingerprint density at radius 3 is 2.53 bits per heavy atom. The van der Waals surface area contributed by atoms with Crippen LogP contribution in [0.2, 0.25) is 0 Å². The maximum atomic E-state index is 11.9. The first-order chi connectivity index (χ1) is 9.17. The molecule has 0 fully saturated rings. The minimum absolute atomic E-state index is 0.0307. The van der Waals surface area contributed by atoms with E-state index < -0.39 is 0 Å². The predicted octanol–water partition coefficient (Wildman–Crippen LogP) is 2.66. The molecule has 0 spiro atoms. The highest BCUT2D eigenvalue weighted by Crippen LogP contribution is 2.16.